The molecule has 1 aromatic rings. The monoisotopic (exact) mass is 284 g/mol. The van der Waals surface area contributed by atoms with E-state index < -0.39 is 0 Å². The van der Waals surface area contributed by atoms with Crippen molar-refractivity contribution < 1.29 is 4.79 Å². The van der Waals surface area contributed by atoms with E-state index in [2.05, 4.69) is 17.2 Å². The number of carbonyl (C=O) groups excluding carboxylic acids is 1. The van der Waals surface area contributed by atoms with Crippen LogP contribution in [0.3, 0.4) is 0 Å². The van der Waals surface area contributed by atoms with Crippen molar-refractivity contribution >= 4 is 11.6 Å². The van der Waals surface area contributed by atoms with Crippen LogP contribution < -0.4 is 11.1 Å². The van der Waals surface area contributed by atoms with Gasteiger partial charge in [-0.25, -0.2) is 0 Å². The number of hydrogen-bond donors (Lipinski definition) is 2. The van der Waals surface area contributed by atoms with Crippen LogP contribution in [0, 0.1) is 17.8 Å². The lowest BCUT2D eigenvalue weighted by Crippen LogP contribution is -2.17. The SMILES string of the molecule is NCC#Cc1ccccc1NC(=O)CC1CCCCCC1. The summed E-state index contributed by atoms with van der Waals surface area (Å²) in [6.07, 6.45) is 8.14. The van der Waals surface area contributed by atoms with Crippen molar-refractivity contribution in [3.63, 3.8) is 0 Å². The highest BCUT2D eigenvalue weighted by Gasteiger charge is 2.16. The number of rotatable bonds is 3. The molecule has 1 saturated carbocycles. The minimum atomic E-state index is 0.101. The van der Waals surface area contributed by atoms with E-state index in [4.69, 9.17) is 5.73 Å². The highest BCUT2D eigenvalue weighted by atomic mass is 16.1. The first-order valence-electron chi connectivity index (χ1n) is 7.87. The van der Waals surface area contributed by atoms with Gasteiger partial charge in [-0.1, -0.05) is 49.7 Å². The quantitative estimate of drug-likeness (QED) is 0.661. The number of carbonyl (C=O) groups is 1. The van der Waals surface area contributed by atoms with Gasteiger partial charge in [0.15, 0.2) is 0 Å². The molecule has 0 radical (unpaired) electrons. The molecule has 0 heterocycles. The van der Waals surface area contributed by atoms with Crippen LogP contribution in [0.5, 0.6) is 0 Å². The fourth-order valence-corrected chi connectivity index (χ4v) is 2.88. The lowest BCUT2D eigenvalue weighted by molar-refractivity contribution is -0.117. The molecule has 21 heavy (non-hydrogen) atoms. The number of hydrogen-bond acceptors (Lipinski definition) is 2. The lowest BCUT2D eigenvalue weighted by Gasteiger charge is -2.14. The van der Waals surface area contributed by atoms with Crippen molar-refractivity contribution in [3.05, 3.63) is 29.8 Å². The zero-order chi connectivity index (χ0) is 14.9. The fraction of sp³-hybridized carbons (Fsp3) is 0.500. The van der Waals surface area contributed by atoms with E-state index in [9.17, 15) is 4.79 Å². The smallest absolute Gasteiger partial charge is 0.224 e. The van der Waals surface area contributed by atoms with Crippen molar-refractivity contribution in [2.75, 3.05) is 11.9 Å². The molecule has 0 bridgehead atoms. The van der Waals surface area contributed by atoms with Gasteiger partial charge in [-0.3, -0.25) is 4.79 Å². The van der Waals surface area contributed by atoms with Crippen molar-refractivity contribution in [2.45, 2.75) is 44.9 Å². The fourth-order valence-electron chi connectivity index (χ4n) is 2.88. The zero-order valence-electron chi connectivity index (χ0n) is 12.5. The molecular weight excluding hydrogens is 260 g/mol. The van der Waals surface area contributed by atoms with E-state index in [1.807, 2.05) is 24.3 Å². The standard InChI is InChI=1S/C18H24N2O/c19-13-7-11-16-10-5-6-12-17(16)20-18(21)14-15-8-3-1-2-4-9-15/h5-6,10,12,15H,1-4,8-9,13-14,19H2,(H,20,21). The third kappa shape index (κ3) is 5.24. The van der Waals surface area contributed by atoms with E-state index in [0.29, 0.717) is 18.9 Å². The Kier molecular flexibility index (Phi) is 6.30. The van der Waals surface area contributed by atoms with Crippen molar-refractivity contribution in [2.24, 2.45) is 11.7 Å². The maximum Gasteiger partial charge on any atom is 0.224 e. The Balaban J connectivity index is 1.95. The molecule has 1 aromatic carbocycles. The largest absolute Gasteiger partial charge is 0.325 e. The van der Waals surface area contributed by atoms with E-state index in [0.717, 1.165) is 11.3 Å². The van der Waals surface area contributed by atoms with Crippen LogP contribution in [0.4, 0.5) is 5.69 Å². The summed E-state index contributed by atoms with van der Waals surface area (Å²) in [5.41, 5.74) is 7.02. The minimum absolute atomic E-state index is 0.101. The highest BCUT2D eigenvalue weighted by molar-refractivity contribution is 5.92. The minimum Gasteiger partial charge on any atom is -0.325 e. The van der Waals surface area contributed by atoms with Crippen molar-refractivity contribution in [3.8, 4) is 11.8 Å². The van der Waals surface area contributed by atoms with Crippen LogP contribution in [0.1, 0.15) is 50.5 Å². The molecule has 0 spiro atoms. The van der Waals surface area contributed by atoms with Gasteiger partial charge in [-0.15, -0.1) is 0 Å². The molecule has 0 saturated heterocycles. The third-order valence-corrected chi connectivity index (χ3v) is 3.98. The Morgan fingerprint density at radius 3 is 2.62 bits per heavy atom. The van der Waals surface area contributed by atoms with Crippen LogP contribution >= 0.6 is 0 Å². The van der Waals surface area contributed by atoms with Gasteiger partial charge in [0, 0.05) is 12.0 Å². The van der Waals surface area contributed by atoms with E-state index in [-0.39, 0.29) is 5.91 Å². The average Bonchev–Trinajstić information content (AvgIpc) is 2.75. The zero-order valence-corrected chi connectivity index (χ0v) is 12.5. The first-order chi connectivity index (χ1) is 10.3. The Bertz CT molecular complexity index is 520. The molecule has 112 valence electrons. The molecule has 0 aromatic heterocycles. The maximum absolute atomic E-state index is 12.2. The molecule has 2 rings (SSSR count). The second kappa shape index (κ2) is 8.49. The van der Waals surface area contributed by atoms with Gasteiger partial charge in [-0.2, -0.15) is 0 Å². The first kappa shape index (κ1) is 15.6. The Hall–Kier alpha value is -1.79. The van der Waals surface area contributed by atoms with Gasteiger partial charge in [0.1, 0.15) is 0 Å². The maximum atomic E-state index is 12.2. The van der Waals surface area contributed by atoms with Crippen LogP contribution in [0.2, 0.25) is 0 Å². The van der Waals surface area contributed by atoms with Gasteiger partial charge in [0.05, 0.1) is 12.2 Å². The van der Waals surface area contributed by atoms with Crippen LogP contribution in [-0.4, -0.2) is 12.5 Å². The number of nitrogens with one attached hydrogen (secondary N) is 1. The molecule has 3 N–H and O–H groups in total. The molecule has 3 nitrogen and oxygen atoms in total. The normalized spacial score (nSPS) is 15.7. The number of nitrogens with two attached hydrogens (primary N) is 1. The summed E-state index contributed by atoms with van der Waals surface area (Å²) in [5.74, 6) is 6.47. The molecular formula is C18H24N2O. The van der Waals surface area contributed by atoms with E-state index in [1.54, 1.807) is 0 Å². The topological polar surface area (TPSA) is 55.1 Å². The summed E-state index contributed by atoms with van der Waals surface area (Å²) in [5, 5.41) is 3.00. The van der Waals surface area contributed by atoms with E-state index >= 15 is 0 Å². The second-order valence-electron chi connectivity index (χ2n) is 5.66. The highest BCUT2D eigenvalue weighted by Crippen LogP contribution is 2.26. The molecule has 1 aliphatic rings. The number of amides is 1. The van der Waals surface area contributed by atoms with Gasteiger partial charge >= 0.3 is 0 Å². The molecule has 0 aliphatic heterocycles. The van der Waals surface area contributed by atoms with Crippen LogP contribution in [0.25, 0.3) is 0 Å². The number of benzene rings is 1. The Morgan fingerprint density at radius 2 is 1.90 bits per heavy atom. The molecule has 1 aliphatic carbocycles. The van der Waals surface area contributed by atoms with Crippen molar-refractivity contribution in [1.29, 1.82) is 0 Å². The predicted octanol–water partition coefficient (Wildman–Crippen LogP) is 3.30. The second-order valence-corrected chi connectivity index (χ2v) is 5.66. The molecule has 1 amide bonds. The third-order valence-electron chi connectivity index (χ3n) is 3.98. The summed E-state index contributed by atoms with van der Waals surface area (Å²) in [6, 6.07) is 7.63. The molecule has 0 unspecified atom stereocenters. The van der Waals surface area contributed by atoms with E-state index in [1.165, 1.54) is 38.5 Å². The Morgan fingerprint density at radius 1 is 1.19 bits per heavy atom. The van der Waals surface area contributed by atoms with Gasteiger partial charge in [0.25, 0.3) is 0 Å². The van der Waals surface area contributed by atoms with Crippen LogP contribution in [-0.2, 0) is 4.79 Å². The number of anilines is 1. The Labute approximate surface area is 127 Å². The van der Waals surface area contributed by atoms with Gasteiger partial charge < -0.3 is 11.1 Å². The predicted molar refractivity (Wildman–Crippen MR) is 86.8 cm³/mol. The summed E-state index contributed by atoms with van der Waals surface area (Å²) < 4.78 is 0. The van der Waals surface area contributed by atoms with Gasteiger partial charge in [-0.05, 0) is 30.9 Å². The summed E-state index contributed by atoms with van der Waals surface area (Å²) in [4.78, 5) is 12.2. The summed E-state index contributed by atoms with van der Waals surface area (Å²) >= 11 is 0. The molecule has 1 fully saturated rings. The molecule has 3 heteroatoms. The lowest BCUT2D eigenvalue weighted by atomic mass is 9.96. The number of para-hydroxylation sites is 1. The van der Waals surface area contributed by atoms with Gasteiger partial charge in [0.2, 0.25) is 5.91 Å². The summed E-state index contributed by atoms with van der Waals surface area (Å²) in [6.45, 7) is 0.324. The van der Waals surface area contributed by atoms with Crippen LogP contribution in [0.15, 0.2) is 24.3 Å². The molecule has 0 atom stereocenters. The van der Waals surface area contributed by atoms with Crippen molar-refractivity contribution in [1.82, 2.24) is 0 Å². The summed E-state index contributed by atoms with van der Waals surface area (Å²) in [7, 11) is 0. The first-order valence-corrected chi connectivity index (χ1v) is 7.87. The average molecular weight is 284 g/mol.